The summed E-state index contributed by atoms with van der Waals surface area (Å²) in [5, 5.41) is 14.1. The summed E-state index contributed by atoms with van der Waals surface area (Å²) in [7, 11) is -4.32. The Kier molecular flexibility index (Phi) is 12.2. The molecule has 58 heavy (non-hydrogen) atoms. The predicted molar refractivity (Wildman–Crippen MR) is 221 cm³/mol. The van der Waals surface area contributed by atoms with E-state index in [0.717, 1.165) is 26.2 Å². The van der Waals surface area contributed by atoms with Crippen LogP contribution in [0.25, 0.3) is 10.9 Å². The topological polar surface area (TPSA) is 105 Å². The Hall–Kier alpha value is -5.43. The first-order chi connectivity index (χ1) is 28.4. The minimum absolute atomic E-state index is 0.0288. The number of fused-ring (bicyclic) bond motifs is 1. The summed E-state index contributed by atoms with van der Waals surface area (Å²) in [6, 6.07) is 55.7. The Morgan fingerprint density at radius 1 is 0.552 bits per heavy atom. The lowest BCUT2D eigenvalue weighted by Gasteiger charge is -2.50. The van der Waals surface area contributed by atoms with Crippen molar-refractivity contribution in [3.05, 3.63) is 210 Å². The summed E-state index contributed by atoms with van der Waals surface area (Å²) in [5.41, 5.74) is 3.91. The SMILES string of the molecule is O=S(=O)(c1ccccc1)n1c(C2(O)O[C@H](COCc3ccccc3)[C@@H](OCc3ccccc3)[C@H](OCc3ccccc3)[C@@H]2OCc2ccccc2)cc2ccccc21. The van der Waals surface area contributed by atoms with Crippen molar-refractivity contribution < 1.29 is 37.2 Å². The second-order valence-electron chi connectivity index (χ2n) is 14.3. The molecule has 0 aliphatic carbocycles. The van der Waals surface area contributed by atoms with Crippen LogP contribution in [0.2, 0.25) is 0 Å². The first-order valence-electron chi connectivity index (χ1n) is 19.3. The number of aliphatic hydroxyl groups is 1. The second kappa shape index (κ2) is 18.0. The lowest BCUT2D eigenvalue weighted by molar-refractivity contribution is -0.380. The van der Waals surface area contributed by atoms with E-state index in [2.05, 4.69) is 0 Å². The Morgan fingerprint density at radius 2 is 1.00 bits per heavy atom. The number of hydrogen-bond acceptors (Lipinski definition) is 8. The van der Waals surface area contributed by atoms with Crippen LogP contribution in [0.1, 0.15) is 27.9 Å². The first kappa shape index (κ1) is 39.4. The van der Waals surface area contributed by atoms with Gasteiger partial charge in [0.15, 0.2) is 0 Å². The van der Waals surface area contributed by atoms with Gasteiger partial charge in [0.1, 0.15) is 24.4 Å². The number of hydrogen-bond donors (Lipinski definition) is 1. The van der Waals surface area contributed by atoms with Gasteiger partial charge in [-0.05, 0) is 46.5 Å². The van der Waals surface area contributed by atoms with E-state index in [1.54, 1.807) is 42.5 Å². The molecule has 1 aliphatic heterocycles. The predicted octanol–water partition coefficient (Wildman–Crippen LogP) is 8.40. The van der Waals surface area contributed by atoms with E-state index in [1.807, 2.05) is 127 Å². The van der Waals surface area contributed by atoms with Crippen LogP contribution in [-0.4, -0.2) is 48.5 Å². The van der Waals surface area contributed by atoms with Crippen molar-refractivity contribution in [1.82, 2.24) is 3.97 Å². The van der Waals surface area contributed by atoms with E-state index in [9.17, 15) is 13.5 Å². The van der Waals surface area contributed by atoms with Crippen LogP contribution in [0.3, 0.4) is 0 Å². The van der Waals surface area contributed by atoms with E-state index >= 15 is 0 Å². The zero-order chi connectivity index (χ0) is 39.8. The van der Waals surface area contributed by atoms with Gasteiger partial charge in [-0.1, -0.05) is 158 Å². The lowest BCUT2D eigenvalue weighted by atomic mass is 9.89. The summed E-state index contributed by atoms with van der Waals surface area (Å²) in [4.78, 5) is 0.0439. The highest BCUT2D eigenvalue weighted by atomic mass is 32.2. The Bertz CT molecular complexity index is 2470. The monoisotopic (exact) mass is 795 g/mol. The molecule has 0 radical (unpaired) electrons. The van der Waals surface area contributed by atoms with Crippen molar-refractivity contribution in [3.63, 3.8) is 0 Å². The van der Waals surface area contributed by atoms with Gasteiger partial charge in [0.2, 0.25) is 5.79 Å². The smallest absolute Gasteiger partial charge is 0.268 e. The fraction of sp³-hybridized carbons (Fsp3) is 0.208. The molecule has 6 aromatic carbocycles. The molecule has 0 spiro atoms. The molecule has 1 N–H and O–H groups in total. The molecule has 0 amide bonds. The second-order valence-corrected chi connectivity index (χ2v) is 16.1. The van der Waals surface area contributed by atoms with Gasteiger partial charge in [-0.3, -0.25) is 0 Å². The molecule has 2 heterocycles. The minimum Gasteiger partial charge on any atom is -0.374 e. The summed E-state index contributed by atoms with van der Waals surface area (Å²) < 4.78 is 64.4. The van der Waals surface area contributed by atoms with Gasteiger partial charge in [0, 0.05) is 5.39 Å². The van der Waals surface area contributed by atoms with Gasteiger partial charge in [-0.2, -0.15) is 0 Å². The number of para-hydroxylation sites is 1. The zero-order valence-corrected chi connectivity index (χ0v) is 32.6. The standard InChI is InChI=1S/C48H45NO8S/c50-48(44-30-40-26-16-17-29-42(40)49(44)58(51,52)41-27-14-5-15-28-41)47(56-34-39-24-12-4-13-25-39)46(55-33-38-22-10-3-11-23-38)45(54-32-37-20-8-2-9-21-37)43(57-48)35-53-31-36-18-6-1-7-19-36/h1-30,43,45-47,50H,31-35H2/t43-,45-,46+,47+,48?/m1/s1. The molecule has 1 saturated heterocycles. The molecule has 7 aromatic rings. The highest BCUT2D eigenvalue weighted by molar-refractivity contribution is 7.90. The molecular weight excluding hydrogens is 751 g/mol. The lowest BCUT2D eigenvalue weighted by Crippen LogP contribution is -2.66. The molecule has 296 valence electrons. The Labute approximate surface area is 339 Å². The van der Waals surface area contributed by atoms with E-state index in [4.69, 9.17) is 23.7 Å². The molecule has 0 bridgehead atoms. The molecule has 9 nitrogen and oxygen atoms in total. The molecule has 8 rings (SSSR count). The number of nitrogens with zero attached hydrogens (tertiary/aromatic N) is 1. The van der Waals surface area contributed by atoms with E-state index in [1.165, 1.54) is 12.1 Å². The first-order valence-corrected chi connectivity index (χ1v) is 20.7. The van der Waals surface area contributed by atoms with Gasteiger partial charge >= 0.3 is 0 Å². The molecule has 5 atom stereocenters. The van der Waals surface area contributed by atoms with Crippen molar-refractivity contribution in [1.29, 1.82) is 0 Å². The Morgan fingerprint density at radius 3 is 1.55 bits per heavy atom. The van der Waals surface area contributed by atoms with Crippen LogP contribution in [-0.2, 0) is 65.9 Å². The molecule has 0 saturated carbocycles. The highest BCUT2D eigenvalue weighted by Gasteiger charge is 2.59. The van der Waals surface area contributed by atoms with Crippen molar-refractivity contribution in [3.8, 4) is 0 Å². The average molecular weight is 796 g/mol. The van der Waals surface area contributed by atoms with Crippen LogP contribution in [0.15, 0.2) is 187 Å². The molecule has 1 fully saturated rings. The van der Waals surface area contributed by atoms with Gasteiger partial charge in [0.25, 0.3) is 10.0 Å². The third kappa shape index (κ3) is 8.69. The van der Waals surface area contributed by atoms with Crippen molar-refractivity contribution in [2.24, 2.45) is 0 Å². The van der Waals surface area contributed by atoms with E-state index in [0.29, 0.717) is 10.9 Å². The summed E-state index contributed by atoms with van der Waals surface area (Å²) in [6.07, 6.45) is -4.16. The maximum atomic E-state index is 14.8. The maximum Gasteiger partial charge on any atom is 0.268 e. The molecule has 1 unspecified atom stereocenters. The van der Waals surface area contributed by atoms with Gasteiger partial charge < -0.3 is 28.8 Å². The van der Waals surface area contributed by atoms with Crippen molar-refractivity contribution in [2.45, 2.75) is 61.5 Å². The minimum atomic E-state index is -4.32. The van der Waals surface area contributed by atoms with E-state index < -0.39 is 40.2 Å². The highest BCUT2D eigenvalue weighted by Crippen LogP contribution is 2.44. The number of benzene rings is 6. The van der Waals surface area contributed by atoms with Crippen molar-refractivity contribution >= 4 is 20.9 Å². The van der Waals surface area contributed by atoms with Crippen LogP contribution in [0.4, 0.5) is 0 Å². The zero-order valence-electron chi connectivity index (χ0n) is 31.8. The summed E-state index contributed by atoms with van der Waals surface area (Å²) >= 11 is 0. The summed E-state index contributed by atoms with van der Waals surface area (Å²) in [6.45, 7) is 0.618. The number of aromatic nitrogens is 1. The largest absolute Gasteiger partial charge is 0.374 e. The fourth-order valence-electron chi connectivity index (χ4n) is 7.40. The van der Waals surface area contributed by atoms with Crippen LogP contribution >= 0.6 is 0 Å². The molecule has 1 aliphatic rings. The average Bonchev–Trinajstić information content (AvgIpc) is 3.68. The van der Waals surface area contributed by atoms with Crippen LogP contribution in [0.5, 0.6) is 0 Å². The van der Waals surface area contributed by atoms with Gasteiger partial charge in [-0.25, -0.2) is 12.4 Å². The summed E-state index contributed by atoms with van der Waals surface area (Å²) in [5.74, 6) is -2.43. The Balaban J connectivity index is 1.28. The van der Waals surface area contributed by atoms with E-state index in [-0.39, 0.29) is 43.6 Å². The van der Waals surface area contributed by atoms with Gasteiger partial charge in [-0.15, -0.1) is 0 Å². The van der Waals surface area contributed by atoms with Gasteiger partial charge in [0.05, 0.1) is 49.1 Å². The van der Waals surface area contributed by atoms with Crippen LogP contribution in [0, 0.1) is 0 Å². The maximum absolute atomic E-state index is 14.8. The van der Waals surface area contributed by atoms with Crippen LogP contribution < -0.4 is 0 Å². The third-order valence-electron chi connectivity index (χ3n) is 10.3. The quantitative estimate of drug-likeness (QED) is 0.104. The third-order valence-corrected chi connectivity index (χ3v) is 12.0. The molecular formula is C48H45NO8S. The van der Waals surface area contributed by atoms with Crippen molar-refractivity contribution in [2.75, 3.05) is 6.61 Å². The fourth-order valence-corrected chi connectivity index (χ4v) is 8.97. The number of rotatable bonds is 16. The molecule has 10 heteroatoms. The number of ether oxygens (including phenoxy) is 5. The normalized spacial score (nSPS) is 20.9. The molecule has 1 aromatic heterocycles.